The van der Waals surface area contributed by atoms with Crippen LogP contribution < -0.4 is 0 Å². The van der Waals surface area contributed by atoms with Crippen LogP contribution in [0.3, 0.4) is 0 Å². The van der Waals surface area contributed by atoms with Crippen molar-refractivity contribution < 1.29 is 0 Å². The van der Waals surface area contributed by atoms with Crippen LogP contribution in [0, 0.1) is 0 Å². The molecule has 0 spiro atoms. The number of fused-ring (bicyclic) bond motifs is 1. The molecule has 0 saturated carbocycles. The average molecular weight is 311 g/mol. The Morgan fingerprint density at radius 2 is 2.05 bits per heavy atom. The summed E-state index contributed by atoms with van der Waals surface area (Å²) in [4.78, 5) is 12.3. The van der Waals surface area contributed by atoms with E-state index in [1.807, 2.05) is 12.3 Å². The van der Waals surface area contributed by atoms with Gasteiger partial charge in [-0.15, -0.1) is 0 Å². The molecule has 0 N–H and O–H groups in total. The Labute approximate surface area is 131 Å². The molecule has 3 heterocycles. The van der Waals surface area contributed by atoms with Crippen LogP contribution in [0.5, 0.6) is 0 Å². The number of hydrogen-bond acceptors (Lipinski definition) is 4. The molecule has 0 aliphatic heterocycles. The number of nitrogens with zero attached hydrogens (tertiary/aromatic N) is 6. The molecule has 0 radical (unpaired) electrons. The van der Waals surface area contributed by atoms with E-state index >= 15 is 0 Å². The standard InChI is InChI=1S/C15H11ClN6/c16-15-7-18-12(6-19-15)8-21-4-3-11-5-13(1-2-14(11)21)22-10-17-9-20-22/h1-7,9-10H,8H2. The molecule has 0 atom stereocenters. The molecule has 108 valence electrons. The molecule has 6 nitrogen and oxygen atoms in total. The Kier molecular flexibility index (Phi) is 3.08. The van der Waals surface area contributed by atoms with E-state index in [0.717, 1.165) is 22.3 Å². The number of benzene rings is 1. The second-order valence-corrected chi connectivity index (χ2v) is 5.24. The van der Waals surface area contributed by atoms with Crippen molar-refractivity contribution in [3.05, 3.63) is 66.4 Å². The molecular weight excluding hydrogens is 300 g/mol. The van der Waals surface area contributed by atoms with E-state index < -0.39 is 0 Å². The normalized spacial score (nSPS) is 11.1. The molecule has 0 saturated heterocycles. The van der Waals surface area contributed by atoms with Crippen molar-refractivity contribution in [3.8, 4) is 5.69 Å². The first-order valence-electron chi connectivity index (χ1n) is 6.70. The van der Waals surface area contributed by atoms with Crippen molar-refractivity contribution >= 4 is 22.5 Å². The zero-order valence-corrected chi connectivity index (χ0v) is 12.2. The summed E-state index contributed by atoms with van der Waals surface area (Å²) in [5, 5.41) is 5.68. The Morgan fingerprint density at radius 1 is 1.09 bits per heavy atom. The highest BCUT2D eigenvalue weighted by atomic mass is 35.5. The Balaban J connectivity index is 1.69. The lowest BCUT2D eigenvalue weighted by Gasteiger charge is -2.06. The molecule has 4 rings (SSSR count). The maximum atomic E-state index is 5.76. The maximum Gasteiger partial charge on any atom is 0.147 e. The first-order chi connectivity index (χ1) is 10.8. The lowest BCUT2D eigenvalue weighted by molar-refractivity contribution is 0.799. The van der Waals surface area contributed by atoms with Crippen LogP contribution >= 0.6 is 11.6 Å². The van der Waals surface area contributed by atoms with Gasteiger partial charge in [-0.1, -0.05) is 11.6 Å². The van der Waals surface area contributed by atoms with E-state index in [-0.39, 0.29) is 0 Å². The SMILES string of the molecule is Clc1cnc(Cn2ccc3cc(-n4cncn4)ccc32)cn1. The van der Waals surface area contributed by atoms with Gasteiger partial charge < -0.3 is 4.57 Å². The molecule has 3 aromatic heterocycles. The van der Waals surface area contributed by atoms with Crippen molar-refractivity contribution in [1.82, 2.24) is 29.3 Å². The Bertz CT molecular complexity index is 911. The first-order valence-corrected chi connectivity index (χ1v) is 7.08. The Hall–Kier alpha value is -2.73. The van der Waals surface area contributed by atoms with Crippen molar-refractivity contribution in [2.75, 3.05) is 0 Å². The fourth-order valence-corrected chi connectivity index (χ4v) is 2.50. The van der Waals surface area contributed by atoms with Gasteiger partial charge in [0.05, 0.1) is 30.3 Å². The van der Waals surface area contributed by atoms with E-state index in [1.165, 1.54) is 6.33 Å². The van der Waals surface area contributed by atoms with Crippen molar-refractivity contribution in [3.63, 3.8) is 0 Å². The van der Waals surface area contributed by atoms with E-state index in [2.05, 4.69) is 42.8 Å². The van der Waals surface area contributed by atoms with Gasteiger partial charge in [0.25, 0.3) is 0 Å². The third-order valence-corrected chi connectivity index (χ3v) is 3.64. The molecule has 4 aromatic rings. The zero-order chi connectivity index (χ0) is 14.9. The van der Waals surface area contributed by atoms with Crippen LogP contribution in [-0.2, 0) is 6.54 Å². The molecule has 0 bridgehead atoms. The molecule has 0 aliphatic carbocycles. The minimum absolute atomic E-state index is 0.401. The average Bonchev–Trinajstić information content (AvgIpc) is 3.19. The lowest BCUT2D eigenvalue weighted by Crippen LogP contribution is -2.01. The van der Waals surface area contributed by atoms with Crippen LogP contribution in [0.15, 0.2) is 55.5 Å². The first kappa shape index (κ1) is 13.0. The molecule has 0 aliphatic rings. The monoisotopic (exact) mass is 310 g/mol. The van der Waals surface area contributed by atoms with Gasteiger partial charge in [-0.05, 0) is 24.3 Å². The van der Waals surface area contributed by atoms with Gasteiger partial charge in [-0.3, -0.25) is 4.98 Å². The second-order valence-electron chi connectivity index (χ2n) is 4.86. The number of halogens is 1. The van der Waals surface area contributed by atoms with Crippen LogP contribution in [-0.4, -0.2) is 29.3 Å². The predicted octanol–water partition coefficient (Wildman–Crippen LogP) is 2.71. The highest BCUT2D eigenvalue weighted by Crippen LogP contribution is 2.20. The van der Waals surface area contributed by atoms with E-state index in [1.54, 1.807) is 23.4 Å². The van der Waals surface area contributed by atoms with Crippen molar-refractivity contribution in [2.45, 2.75) is 6.54 Å². The predicted molar refractivity (Wildman–Crippen MR) is 83.0 cm³/mol. The molecule has 0 fully saturated rings. The van der Waals surface area contributed by atoms with Gasteiger partial charge in [0.2, 0.25) is 0 Å². The molecule has 0 unspecified atom stereocenters. The second kappa shape index (κ2) is 5.23. The van der Waals surface area contributed by atoms with Gasteiger partial charge in [0.1, 0.15) is 17.8 Å². The molecular formula is C15H11ClN6. The number of aromatic nitrogens is 6. The van der Waals surface area contributed by atoms with E-state index in [4.69, 9.17) is 11.6 Å². The van der Waals surface area contributed by atoms with Gasteiger partial charge in [-0.2, -0.15) is 5.10 Å². The highest BCUT2D eigenvalue weighted by molar-refractivity contribution is 6.29. The molecule has 7 heteroatoms. The molecule has 0 amide bonds. The van der Waals surface area contributed by atoms with Gasteiger partial charge in [-0.25, -0.2) is 14.6 Å². The lowest BCUT2D eigenvalue weighted by atomic mass is 10.2. The van der Waals surface area contributed by atoms with Gasteiger partial charge in [0, 0.05) is 17.1 Å². The fourth-order valence-electron chi connectivity index (χ4n) is 2.40. The van der Waals surface area contributed by atoms with Crippen LogP contribution in [0.1, 0.15) is 5.69 Å². The van der Waals surface area contributed by atoms with Crippen LogP contribution in [0.2, 0.25) is 5.15 Å². The summed E-state index contributed by atoms with van der Waals surface area (Å²) < 4.78 is 3.86. The number of hydrogen-bond donors (Lipinski definition) is 0. The van der Waals surface area contributed by atoms with E-state index in [9.17, 15) is 0 Å². The van der Waals surface area contributed by atoms with Crippen molar-refractivity contribution in [1.29, 1.82) is 0 Å². The van der Waals surface area contributed by atoms with Gasteiger partial charge in [0.15, 0.2) is 0 Å². The minimum atomic E-state index is 0.401. The topological polar surface area (TPSA) is 61.4 Å². The summed E-state index contributed by atoms with van der Waals surface area (Å²) in [6.07, 6.45) is 8.49. The summed E-state index contributed by atoms with van der Waals surface area (Å²) in [7, 11) is 0. The Morgan fingerprint density at radius 3 is 2.82 bits per heavy atom. The molecule has 1 aromatic carbocycles. The maximum absolute atomic E-state index is 5.76. The smallest absolute Gasteiger partial charge is 0.147 e. The summed E-state index contributed by atoms with van der Waals surface area (Å²) in [6.45, 7) is 0.649. The third-order valence-electron chi connectivity index (χ3n) is 3.44. The van der Waals surface area contributed by atoms with Crippen LogP contribution in [0.25, 0.3) is 16.6 Å². The number of rotatable bonds is 3. The summed E-state index contributed by atoms with van der Waals surface area (Å²) in [5.41, 5.74) is 2.97. The largest absolute Gasteiger partial charge is 0.341 e. The van der Waals surface area contributed by atoms with Gasteiger partial charge >= 0.3 is 0 Å². The zero-order valence-electron chi connectivity index (χ0n) is 11.5. The molecule has 22 heavy (non-hydrogen) atoms. The van der Waals surface area contributed by atoms with E-state index in [0.29, 0.717) is 11.7 Å². The van der Waals surface area contributed by atoms with Crippen LogP contribution in [0.4, 0.5) is 0 Å². The summed E-state index contributed by atoms with van der Waals surface area (Å²) in [5.74, 6) is 0. The quantitative estimate of drug-likeness (QED) is 0.584. The minimum Gasteiger partial charge on any atom is -0.341 e. The fraction of sp³-hybridized carbons (Fsp3) is 0.0667. The van der Waals surface area contributed by atoms with Crippen molar-refractivity contribution in [2.24, 2.45) is 0 Å². The highest BCUT2D eigenvalue weighted by Gasteiger charge is 2.05. The third kappa shape index (κ3) is 2.33. The summed E-state index contributed by atoms with van der Waals surface area (Å²) in [6, 6.07) is 8.23. The summed E-state index contributed by atoms with van der Waals surface area (Å²) >= 11 is 5.76.